The summed E-state index contributed by atoms with van der Waals surface area (Å²) in [5, 5.41) is 10.7. The number of carbonyl (C=O) groups excluding carboxylic acids is 1. The van der Waals surface area contributed by atoms with E-state index in [1.165, 1.54) is 23.3 Å². The third-order valence-electron chi connectivity index (χ3n) is 5.30. The van der Waals surface area contributed by atoms with Crippen LogP contribution >= 0.6 is 0 Å². The minimum Gasteiger partial charge on any atom is -0.493 e. The zero-order chi connectivity index (χ0) is 18.8. The molecular weight excluding hydrogens is 344 g/mol. The second kappa shape index (κ2) is 7.39. The molecule has 0 aromatic heterocycles. The van der Waals surface area contributed by atoms with Crippen LogP contribution in [0.15, 0.2) is 48.5 Å². The maximum Gasteiger partial charge on any atom is 0.269 e. The molecule has 1 unspecified atom stereocenters. The smallest absolute Gasteiger partial charge is 0.269 e. The van der Waals surface area contributed by atoms with Crippen LogP contribution in [0.3, 0.4) is 0 Å². The first kappa shape index (κ1) is 17.5. The number of carbonyl (C=O) groups is 1. The Hall–Kier alpha value is -2.89. The highest BCUT2D eigenvalue weighted by Gasteiger charge is 2.39. The van der Waals surface area contributed by atoms with Gasteiger partial charge in [0, 0.05) is 18.2 Å². The van der Waals surface area contributed by atoms with E-state index >= 15 is 0 Å². The van der Waals surface area contributed by atoms with Crippen LogP contribution in [0.1, 0.15) is 42.9 Å². The molecule has 140 valence electrons. The number of ether oxygens (including phenoxy) is 1. The van der Waals surface area contributed by atoms with Gasteiger partial charge in [0.2, 0.25) is 5.91 Å². The number of non-ortho nitro benzene ring substituents is 1. The number of fused-ring (bicyclic) bond motifs is 1. The van der Waals surface area contributed by atoms with E-state index in [2.05, 4.69) is 23.1 Å². The first-order valence-corrected chi connectivity index (χ1v) is 9.39. The number of aryl methyl sites for hydroxylation is 1. The molecule has 2 aromatic rings. The van der Waals surface area contributed by atoms with Crippen LogP contribution in [-0.4, -0.2) is 28.4 Å². The number of rotatable bonds is 7. The molecule has 0 saturated heterocycles. The van der Waals surface area contributed by atoms with Gasteiger partial charge >= 0.3 is 0 Å². The molecule has 6 nitrogen and oxygen atoms in total. The van der Waals surface area contributed by atoms with Crippen molar-refractivity contribution in [2.24, 2.45) is 0 Å². The summed E-state index contributed by atoms with van der Waals surface area (Å²) in [4.78, 5) is 25.2. The van der Waals surface area contributed by atoms with Gasteiger partial charge in [-0.25, -0.2) is 0 Å². The van der Waals surface area contributed by atoms with Crippen LogP contribution in [0.5, 0.6) is 5.75 Å². The van der Waals surface area contributed by atoms with E-state index in [1.54, 1.807) is 12.1 Å². The molecule has 0 spiro atoms. The highest BCUT2D eigenvalue weighted by Crippen LogP contribution is 2.42. The van der Waals surface area contributed by atoms with Gasteiger partial charge in [0.25, 0.3) is 5.69 Å². The molecule has 2 aromatic carbocycles. The zero-order valence-electron chi connectivity index (χ0n) is 15.0. The largest absolute Gasteiger partial charge is 0.493 e. The highest BCUT2D eigenvalue weighted by molar-refractivity contribution is 5.78. The van der Waals surface area contributed by atoms with E-state index in [0.717, 1.165) is 25.7 Å². The van der Waals surface area contributed by atoms with Crippen LogP contribution in [0, 0.1) is 10.1 Å². The summed E-state index contributed by atoms with van der Waals surface area (Å²) < 4.78 is 5.62. The number of hydrogen-bond acceptors (Lipinski definition) is 4. The molecule has 1 amide bonds. The topological polar surface area (TPSA) is 72.7 Å². The standard InChI is InChI=1S/C21H22N2O4/c24-21(13-14-27-18-10-8-17(9-11-18)23(25)26)22(16-6-7-16)20-12-5-15-3-1-2-4-19(15)20/h1-4,8-11,16,20H,5-7,12-14H2. The number of nitrogens with zero attached hydrogens (tertiary/aromatic N) is 2. The molecule has 0 aliphatic heterocycles. The van der Waals surface area contributed by atoms with E-state index in [4.69, 9.17) is 4.74 Å². The zero-order valence-corrected chi connectivity index (χ0v) is 15.0. The van der Waals surface area contributed by atoms with Crippen molar-refractivity contribution in [3.63, 3.8) is 0 Å². The van der Waals surface area contributed by atoms with Gasteiger partial charge < -0.3 is 9.64 Å². The fourth-order valence-corrected chi connectivity index (χ4v) is 3.86. The normalized spacial score (nSPS) is 18.0. The molecule has 2 aliphatic carbocycles. The van der Waals surface area contributed by atoms with Gasteiger partial charge in [0.15, 0.2) is 0 Å². The Labute approximate surface area is 157 Å². The predicted octanol–water partition coefficient (Wildman–Crippen LogP) is 4.04. The summed E-state index contributed by atoms with van der Waals surface area (Å²) in [6.07, 6.45) is 4.48. The minimum absolute atomic E-state index is 0.0261. The quantitative estimate of drug-likeness (QED) is 0.547. The number of amides is 1. The third-order valence-corrected chi connectivity index (χ3v) is 5.30. The van der Waals surface area contributed by atoms with Gasteiger partial charge in [-0.15, -0.1) is 0 Å². The van der Waals surface area contributed by atoms with Gasteiger partial charge in [-0.1, -0.05) is 24.3 Å². The Kier molecular flexibility index (Phi) is 4.79. The van der Waals surface area contributed by atoms with E-state index < -0.39 is 4.92 Å². The molecule has 0 N–H and O–H groups in total. The van der Waals surface area contributed by atoms with E-state index in [-0.39, 0.29) is 24.2 Å². The van der Waals surface area contributed by atoms with E-state index in [9.17, 15) is 14.9 Å². The number of nitro groups is 1. The van der Waals surface area contributed by atoms with Gasteiger partial charge in [-0.2, -0.15) is 0 Å². The first-order valence-electron chi connectivity index (χ1n) is 9.39. The third kappa shape index (κ3) is 3.79. The average Bonchev–Trinajstić information content (AvgIpc) is 3.42. The predicted molar refractivity (Wildman–Crippen MR) is 101 cm³/mol. The number of benzene rings is 2. The monoisotopic (exact) mass is 366 g/mol. The van der Waals surface area contributed by atoms with Crippen LogP contribution < -0.4 is 4.74 Å². The number of hydrogen-bond donors (Lipinski definition) is 0. The van der Waals surface area contributed by atoms with Crippen LogP contribution in [-0.2, 0) is 11.2 Å². The van der Waals surface area contributed by atoms with Gasteiger partial charge in [-0.3, -0.25) is 14.9 Å². The fraction of sp³-hybridized carbons (Fsp3) is 0.381. The lowest BCUT2D eigenvalue weighted by Gasteiger charge is -2.30. The van der Waals surface area contributed by atoms with Crippen molar-refractivity contribution >= 4 is 11.6 Å². The molecule has 27 heavy (non-hydrogen) atoms. The summed E-state index contributed by atoms with van der Waals surface area (Å²) in [5.74, 6) is 0.665. The Bertz CT molecular complexity index is 846. The molecule has 0 radical (unpaired) electrons. The summed E-state index contributed by atoms with van der Waals surface area (Å²) in [7, 11) is 0. The molecule has 0 heterocycles. The van der Waals surface area contributed by atoms with Gasteiger partial charge in [0.1, 0.15) is 5.75 Å². The average molecular weight is 366 g/mol. The fourth-order valence-electron chi connectivity index (χ4n) is 3.86. The lowest BCUT2D eigenvalue weighted by molar-refractivity contribution is -0.384. The van der Waals surface area contributed by atoms with Gasteiger partial charge in [0.05, 0.1) is 24.0 Å². The Morgan fingerprint density at radius 2 is 1.85 bits per heavy atom. The molecule has 1 saturated carbocycles. The summed E-state index contributed by atoms with van der Waals surface area (Å²) in [6, 6.07) is 14.9. The van der Waals surface area contributed by atoms with E-state index in [0.29, 0.717) is 18.2 Å². The SMILES string of the molecule is O=C(CCOc1ccc([N+](=O)[O-])cc1)N(C1CC1)C1CCc2ccccc21. The van der Waals surface area contributed by atoms with Crippen LogP contribution in [0.2, 0.25) is 0 Å². The van der Waals surface area contributed by atoms with Crippen molar-refractivity contribution in [2.45, 2.75) is 44.2 Å². The lowest BCUT2D eigenvalue weighted by Crippen LogP contribution is -2.36. The molecule has 4 rings (SSSR count). The van der Waals surface area contributed by atoms with Gasteiger partial charge in [-0.05, 0) is 48.9 Å². The maximum absolute atomic E-state index is 12.9. The summed E-state index contributed by atoms with van der Waals surface area (Å²) >= 11 is 0. The Morgan fingerprint density at radius 3 is 2.56 bits per heavy atom. The van der Waals surface area contributed by atoms with Crippen molar-refractivity contribution in [3.05, 3.63) is 69.8 Å². The van der Waals surface area contributed by atoms with Crippen LogP contribution in [0.4, 0.5) is 5.69 Å². The first-order chi connectivity index (χ1) is 13.1. The lowest BCUT2D eigenvalue weighted by atomic mass is 10.1. The maximum atomic E-state index is 12.9. The molecule has 0 bridgehead atoms. The molecule has 6 heteroatoms. The molecular formula is C21H22N2O4. The number of nitro benzene ring substituents is 1. The molecule has 2 aliphatic rings. The Balaban J connectivity index is 1.37. The van der Waals surface area contributed by atoms with E-state index in [1.807, 2.05) is 6.07 Å². The van der Waals surface area contributed by atoms with Crippen molar-refractivity contribution in [2.75, 3.05) is 6.61 Å². The minimum atomic E-state index is -0.444. The highest BCUT2D eigenvalue weighted by atomic mass is 16.6. The second-order valence-electron chi connectivity index (χ2n) is 7.13. The second-order valence-corrected chi connectivity index (χ2v) is 7.13. The van der Waals surface area contributed by atoms with Crippen molar-refractivity contribution in [1.29, 1.82) is 0 Å². The summed E-state index contributed by atoms with van der Waals surface area (Å²) in [6.45, 7) is 0.272. The Morgan fingerprint density at radius 1 is 1.11 bits per heavy atom. The van der Waals surface area contributed by atoms with Crippen molar-refractivity contribution in [3.8, 4) is 5.75 Å². The molecule has 1 fully saturated rings. The van der Waals surface area contributed by atoms with Crippen molar-refractivity contribution < 1.29 is 14.5 Å². The van der Waals surface area contributed by atoms with Crippen molar-refractivity contribution in [1.82, 2.24) is 4.90 Å². The van der Waals surface area contributed by atoms with Crippen LogP contribution in [0.25, 0.3) is 0 Å². The molecule has 1 atom stereocenters. The summed E-state index contributed by atoms with van der Waals surface area (Å²) in [5.41, 5.74) is 2.66.